The van der Waals surface area contributed by atoms with Crippen LogP contribution in [-0.4, -0.2) is 47.8 Å². The van der Waals surface area contributed by atoms with Gasteiger partial charge in [-0.25, -0.2) is 19.8 Å². The maximum absolute atomic E-state index is 13.5. The van der Waals surface area contributed by atoms with Crippen LogP contribution in [0.15, 0.2) is 90.4 Å². The molecule has 5 rings (SSSR count). The molecule has 5 aromatic rings. The second kappa shape index (κ2) is 14.7. The van der Waals surface area contributed by atoms with Crippen LogP contribution in [0.2, 0.25) is 0 Å². The molecule has 0 aliphatic carbocycles. The Kier molecular flexibility index (Phi) is 10.1. The predicted octanol–water partition coefficient (Wildman–Crippen LogP) is 6.22. The largest absolute Gasteiger partial charge is 0.334 e. The standard InChI is InChI=1S/C34H36N10O/c1-4-9-29(39-33-36-22-27(20-35)32(40-33)31-17-19-42(2)41-31)12-8-18-44(34(45)37-21-25-10-6-5-7-11-25)30-15-13-26(14-16-30)28-23-38-43(3)24-28/h5-7,10-11,13-17,19,22-24H,4,8-9,12,18,21H2,1-3H3,(H,37,45). The van der Waals surface area contributed by atoms with Gasteiger partial charge in [-0.1, -0.05) is 55.8 Å². The quantitative estimate of drug-likeness (QED) is 0.169. The molecule has 0 saturated carbocycles. The number of carbonyl (C=O) groups is 1. The van der Waals surface area contributed by atoms with Crippen molar-refractivity contribution >= 4 is 23.4 Å². The lowest BCUT2D eigenvalue weighted by molar-refractivity contribution is 0.246. The molecule has 0 saturated heterocycles. The van der Waals surface area contributed by atoms with Gasteiger partial charge in [-0.2, -0.15) is 15.5 Å². The van der Waals surface area contributed by atoms with Crippen molar-refractivity contribution in [2.45, 2.75) is 39.2 Å². The van der Waals surface area contributed by atoms with Crippen LogP contribution in [0.1, 0.15) is 43.7 Å². The fraction of sp³-hybridized carbons (Fsp3) is 0.265. The molecule has 2 aromatic carbocycles. The first-order valence-electron chi connectivity index (χ1n) is 15.0. The van der Waals surface area contributed by atoms with Gasteiger partial charge in [0, 0.05) is 56.5 Å². The number of nitrogens with zero attached hydrogens (tertiary/aromatic N) is 9. The highest BCUT2D eigenvalue weighted by molar-refractivity contribution is 5.92. The third-order valence-electron chi connectivity index (χ3n) is 7.25. The molecule has 0 unspecified atom stereocenters. The van der Waals surface area contributed by atoms with Crippen LogP contribution in [0.3, 0.4) is 0 Å². The van der Waals surface area contributed by atoms with Crippen LogP contribution in [0, 0.1) is 11.3 Å². The Morgan fingerprint density at radius 3 is 2.47 bits per heavy atom. The van der Waals surface area contributed by atoms with E-state index in [-0.39, 0.29) is 6.03 Å². The number of carbonyl (C=O) groups excluding carboxylic acids is 1. The zero-order chi connectivity index (χ0) is 31.6. The van der Waals surface area contributed by atoms with E-state index in [9.17, 15) is 10.1 Å². The lowest BCUT2D eigenvalue weighted by atomic mass is 10.1. The van der Waals surface area contributed by atoms with E-state index in [4.69, 9.17) is 4.99 Å². The van der Waals surface area contributed by atoms with Crippen molar-refractivity contribution in [2.24, 2.45) is 19.1 Å². The number of aliphatic imine (C=N–C) groups is 1. The summed E-state index contributed by atoms with van der Waals surface area (Å²) >= 11 is 0. The van der Waals surface area contributed by atoms with Crippen molar-refractivity contribution < 1.29 is 4.79 Å². The second-order valence-electron chi connectivity index (χ2n) is 10.7. The van der Waals surface area contributed by atoms with Gasteiger partial charge in [0.1, 0.15) is 17.5 Å². The molecule has 0 spiro atoms. The van der Waals surface area contributed by atoms with Gasteiger partial charge in [-0.3, -0.25) is 14.3 Å². The molecule has 0 aliphatic heterocycles. The number of benzene rings is 2. The van der Waals surface area contributed by atoms with Gasteiger partial charge in [0.25, 0.3) is 0 Å². The molecule has 0 fully saturated rings. The van der Waals surface area contributed by atoms with Gasteiger partial charge >= 0.3 is 6.03 Å². The molecule has 11 heteroatoms. The first-order chi connectivity index (χ1) is 21.9. The van der Waals surface area contributed by atoms with Gasteiger partial charge in [0.2, 0.25) is 5.95 Å². The highest BCUT2D eigenvalue weighted by atomic mass is 16.2. The van der Waals surface area contributed by atoms with Gasteiger partial charge in [-0.05, 0) is 48.6 Å². The molecule has 0 aliphatic rings. The minimum absolute atomic E-state index is 0.169. The molecule has 0 atom stereocenters. The van der Waals surface area contributed by atoms with E-state index in [1.807, 2.05) is 87.2 Å². The van der Waals surface area contributed by atoms with Crippen LogP contribution in [-0.2, 0) is 20.6 Å². The van der Waals surface area contributed by atoms with Crippen LogP contribution in [0.4, 0.5) is 16.4 Å². The summed E-state index contributed by atoms with van der Waals surface area (Å²) in [5.41, 5.74) is 6.21. The van der Waals surface area contributed by atoms with Crippen molar-refractivity contribution in [3.63, 3.8) is 0 Å². The Hall–Kier alpha value is -5.63. The van der Waals surface area contributed by atoms with Crippen LogP contribution in [0.5, 0.6) is 0 Å². The Balaban J connectivity index is 1.33. The summed E-state index contributed by atoms with van der Waals surface area (Å²) in [5, 5.41) is 21.3. The maximum Gasteiger partial charge on any atom is 0.322 e. The van der Waals surface area contributed by atoms with Gasteiger partial charge in [-0.15, -0.1) is 0 Å². The van der Waals surface area contributed by atoms with Crippen molar-refractivity contribution in [1.29, 1.82) is 5.26 Å². The topological polar surface area (TPSA) is 130 Å². The number of urea groups is 1. The molecule has 0 radical (unpaired) electrons. The lowest BCUT2D eigenvalue weighted by Gasteiger charge is -2.24. The Bertz CT molecular complexity index is 1800. The molecule has 45 heavy (non-hydrogen) atoms. The first-order valence-corrected chi connectivity index (χ1v) is 15.0. The molecule has 3 heterocycles. The van der Waals surface area contributed by atoms with E-state index < -0.39 is 0 Å². The van der Waals surface area contributed by atoms with E-state index in [2.05, 4.69) is 38.5 Å². The average molecular weight is 601 g/mol. The second-order valence-corrected chi connectivity index (χ2v) is 10.7. The van der Waals surface area contributed by atoms with E-state index in [0.29, 0.717) is 48.8 Å². The van der Waals surface area contributed by atoms with E-state index in [1.165, 1.54) is 6.20 Å². The minimum Gasteiger partial charge on any atom is -0.334 e. The molecule has 0 bridgehead atoms. The number of hydrogen-bond acceptors (Lipinski definition) is 7. The average Bonchev–Trinajstić information content (AvgIpc) is 3.70. The van der Waals surface area contributed by atoms with Crippen molar-refractivity contribution in [1.82, 2.24) is 34.8 Å². The third-order valence-corrected chi connectivity index (χ3v) is 7.25. The number of aromatic nitrogens is 6. The zero-order valence-electron chi connectivity index (χ0n) is 25.8. The first kappa shape index (κ1) is 30.8. The number of nitriles is 1. The fourth-order valence-electron chi connectivity index (χ4n) is 4.97. The number of amides is 2. The summed E-state index contributed by atoms with van der Waals surface area (Å²) in [6.07, 6.45) is 10.1. The molecule has 11 nitrogen and oxygen atoms in total. The Morgan fingerprint density at radius 2 is 1.80 bits per heavy atom. The van der Waals surface area contributed by atoms with Crippen molar-refractivity contribution in [2.75, 3.05) is 11.4 Å². The predicted molar refractivity (Wildman–Crippen MR) is 175 cm³/mol. The lowest BCUT2D eigenvalue weighted by Crippen LogP contribution is -2.40. The summed E-state index contributed by atoms with van der Waals surface area (Å²) in [5.74, 6) is 0.293. The zero-order valence-corrected chi connectivity index (χ0v) is 25.8. The molecular weight excluding hydrogens is 564 g/mol. The van der Waals surface area contributed by atoms with Gasteiger partial charge in [0.05, 0.1) is 18.0 Å². The van der Waals surface area contributed by atoms with Crippen molar-refractivity contribution in [3.8, 4) is 28.6 Å². The SMILES string of the molecule is CCCC(CCCN(C(=O)NCc1ccccc1)c1ccc(-c2cnn(C)c2)cc1)=Nc1ncc(C#N)c(-c2ccn(C)n2)n1. The number of anilines is 1. The van der Waals surface area contributed by atoms with Crippen LogP contribution >= 0.6 is 0 Å². The van der Waals surface area contributed by atoms with E-state index in [0.717, 1.165) is 40.9 Å². The minimum atomic E-state index is -0.169. The third kappa shape index (κ3) is 8.06. The summed E-state index contributed by atoms with van der Waals surface area (Å²) in [6.45, 7) is 3.02. The number of nitrogens with one attached hydrogen (secondary N) is 1. The highest BCUT2D eigenvalue weighted by Gasteiger charge is 2.17. The number of hydrogen-bond donors (Lipinski definition) is 1. The monoisotopic (exact) mass is 600 g/mol. The summed E-state index contributed by atoms with van der Waals surface area (Å²) in [7, 11) is 3.70. The Labute approximate surface area is 262 Å². The highest BCUT2D eigenvalue weighted by Crippen LogP contribution is 2.24. The summed E-state index contributed by atoms with van der Waals surface area (Å²) in [4.78, 5) is 29.0. The molecule has 228 valence electrons. The fourth-order valence-corrected chi connectivity index (χ4v) is 4.97. The Morgan fingerprint density at radius 1 is 1.00 bits per heavy atom. The van der Waals surface area contributed by atoms with Crippen molar-refractivity contribution in [3.05, 3.63) is 96.6 Å². The normalized spacial score (nSPS) is 11.3. The molecule has 1 N–H and O–H groups in total. The number of rotatable bonds is 12. The van der Waals surface area contributed by atoms with Crippen LogP contribution < -0.4 is 10.2 Å². The molecule has 3 aromatic heterocycles. The number of aryl methyl sites for hydroxylation is 2. The molecular formula is C34H36N10O. The van der Waals surface area contributed by atoms with Gasteiger partial charge in [0.15, 0.2) is 0 Å². The summed E-state index contributed by atoms with van der Waals surface area (Å²) in [6, 6.07) is 21.6. The summed E-state index contributed by atoms with van der Waals surface area (Å²) < 4.78 is 3.43. The smallest absolute Gasteiger partial charge is 0.322 e. The maximum atomic E-state index is 13.5. The van der Waals surface area contributed by atoms with Crippen LogP contribution in [0.25, 0.3) is 22.5 Å². The van der Waals surface area contributed by atoms with Gasteiger partial charge < -0.3 is 5.32 Å². The van der Waals surface area contributed by atoms with E-state index >= 15 is 0 Å². The van der Waals surface area contributed by atoms with E-state index in [1.54, 1.807) is 20.5 Å². The molecule has 2 amide bonds.